The van der Waals surface area contributed by atoms with Crippen LogP contribution in [0.2, 0.25) is 0 Å². The first-order valence-corrected chi connectivity index (χ1v) is 28.1. The number of hydrogen-bond acceptors (Lipinski definition) is 8. The topological polar surface area (TPSA) is 64.5 Å². The van der Waals surface area contributed by atoms with Gasteiger partial charge in [0.05, 0.1) is 45.5 Å². The third kappa shape index (κ3) is 11.2. The highest BCUT2D eigenvalue weighted by Crippen LogP contribution is 2.58. The second-order valence-corrected chi connectivity index (χ2v) is 24.8. The van der Waals surface area contributed by atoms with Gasteiger partial charge in [0.25, 0.3) is 0 Å². The molecule has 8 heteroatoms. The van der Waals surface area contributed by atoms with Crippen LogP contribution in [0.1, 0.15) is 202 Å². The number of fused-ring (bicyclic) bond motifs is 2. The van der Waals surface area contributed by atoms with E-state index < -0.39 is 0 Å². The van der Waals surface area contributed by atoms with Gasteiger partial charge in [0.15, 0.2) is 11.6 Å². The zero-order chi connectivity index (χ0) is 53.8. The molecule has 4 aromatic heterocycles. The maximum Gasteiger partial charge on any atom is 0.166 e. The predicted octanol–water partition coefficient (Wildman–Crippen LogP) is 18.2. The Hall–Kier alpha value is -6.02. The fourth-order valence-electron chi connectivity index (χ4n) is 10.6. The fraction of sp³-hybridized carbons (Fsp3) is 0.485. The molecular formula is C66H88N8. The molecule has 0 bridgehead atoms. The van der Waals surface area contributed by atoms with Crippen molar-refractivity contribution in [3.63, 3.8) is 0 Å². The summed E-state index contributed by atoms with van der Waals surface area (Å²) in [6, 6.07) is 28.7. The predicted molar refractivity (Wildman–Crippen MR) is 315 cm³/mol. The first kappa shape index (κ1) is 54.2. The number of aryl methyl sites for hydroxylation is 4. The number of pyridine rings is 4. The van der Waals surface area contributed by atoms with Gasteiger partial charge in [-0.3, -0.25) is 39.5 Å². The maximum atomic E-state index is 5.40. The van der Waals surface area contributed by atoms with Crippen LogP contribution in [-0.4, -0.2) is 19.9 Å². The average molecular weight is 993 g/mol. The van der Waals surface area contributed by atoms with Crippen LogP contribution in [0.25, 0.3) is 0 Å². The van der Waals surface area contributed by atoms with Crippen LogP contribution in [0.5, 0.6) is 0 Å². The molecule has 0 saturated carbocycles. The number of nitrogens with zero attached hydrogens (tertiary/aromatic N) is 8. The Morgan fingerprint density at radius 1 is 0.284 bits per heavy atom. The lowest BCUT2D eigenvalue weighted by atomic mass is 10.0. The molecule has 0 amide bonds. The molecule has 8 nitrogen and oxygen atoms in total. The summed E-state index contributed by atoms with van der Waals surface area (Å²) < 4.78 is 0. The van der Waals surface area contributed by atoms with Crippen LogP contribution in [-0.2, 0) is 25.7 Å². The standard InChI is InChI=1S/C66H88N8/c1-37(2)21-49-29-53(33-57(67-49)41(9)10)71-61-25-45(17)46(18)26-62(61)72(54-30-50(22-38(3)4)68-58(34-54)42(11)12)65(71)66-73(55-31-51(23-39(5)6)69-59(35-55)43(13)14)63-27-47(19)48(20)28-64(63)74(66)56-32-52(24-40(7)8)70-60(36-56)44(15)16/h25-44H,21-24H2,1-20H3. The Kier molecular flexibility index (Phi) is 15.9. The summed E-state index contributed by atoms with van der Waals surface area (Å²) in [6.07, 6.45) is 3.50. The maximum absolute atomic E-state index is 5.40. The average Bonchev–Trinajstić information content (AvgIpc) is 3.79. The molecule has 8 rings (SSSR count). The Labute approximate surface area is 446 Å². The van der Waals surface area contributed by atoms with Crippen molar-refractivity contribution in [1.82, 2.24) is 19.9 Å². The van der Waals surface area contributed by atoms with E-state index in [0.717, 1.165) is 128 Å². The Morgan fingerprint density at radius 2 is 0.473 bits per heavy atom. The van der Waals surface area contributed by atoms with Gasteiger partial charge in [-0.2, -0.15) is 0 Å². The van der Waals surface area contributed by atoms with Crippen molar-refractivity contribution in [2.45, 2.75) is 188 Å². The molecule has 6 aromatic rings. The van der Waals surface area contributed by atoms with Crippen LogP contribution < -0.4 is 19.6 Å². The number of benzene rings is 2. The molecule has 0 fully saturated rings. The first-order valence-electron chi connectivity index (χ1n) is 28.1. The zero-order valence-electron chi connectivity index (χ0n) is 49.0. The molecule has 2 aliphatic rings. The highest BCUT2D eigenvalue weighted by Gasteiger charge is 2.46. The Bertz CT molecular complexity index is 2650. The number of aromatic nitrogens is 4. The van der Waals surface area contributed by atoms with E-state index in [1.807, 2.05) is 0 Å². The molecule has 0 saturated heterocycles. The summed E-state index contributed by atoms with van der Waals surface area (Å²) in [5, 5.41) is 0. The normalized spacial score (nSPS) is 13.9. The third-order valence-corrected chi connectivity index (χ3v) is 14.6. The van der Waals surface area contributed by atoms with Gasteiger partial charge in [-0.1, -0.05) is 111 Å². The Balaban J connectivity index is 1.66. The van der Waals surface area contributed by atoms with Gasteiger partial charge in [-0.15, -0.1) is 0 Å². The summed E-state index contributed by atoms with van der Waals surface area (Å²) in [4.78, 5) is 32.0. The quantitative estimate of drug-likeness (QED) is 0.0950. The monoisotopic (exact) mass is 993 g/mol. The molecule has 2 aromatic carbocycles. The second kappa shape index (κ2) is 21.7. The van der Waals surface area contributed by atoms with E-state index in [9.17, 15) is 0 Å². The summed E-state index contributed by atoms with van der Waals surface area (Å²) in [5.41, 5.74) is 22.8. The van der Waals surface area contributed by atoms with Crippen molar-refractivity contribution >= 4 is 45.5 Å². The van der Waals surface area contributed by atoms with E-state index in [1.54, 1.807) is 0 Å². The number of hydrogen-bond donors (Lipinski definition) is 0. The van der Waals surface area contributed by atoms with E-state index in [2.05, 4.69) is 231 Å². The second-order valence-electron chi connectivity index (χ2n) is 24.8. The molecule has 0 atom stereocenters. The van der Waals surface area contributed by atoms with E-state index in [0.29, 0.717) is 23.7 Å². The number of anilines is 8. The van der Waals surface area contributed by atoms with Gasteiger partial charge < -0.3 is 0 Å². The van der Waals surface area contributed by atoms with E-state index >= 15 is 0 Å². The van der Waals surface area contributed by atoms with E-state index in [-0.39, 0.29) is 23.7 Å². The summed E-state index contributed by atoms with van der Waals surface area (Å²) >= 11 is 0. The highest BCUT2D eigenvalue weighted by atomic mass is 15.5. The van der Waals surface area contributed by atoms with Gasteiger partial charge in [0, 0.05) is 45.6 Å². The fourth-order valence-corrected chi connectivity index (χ4v) is 10.6. The summed E-state index contributed by atoms with van der Waals surface area (Å²) in [6.45, 7) is 45.7. The summed E-state index contributed by atoms with van der Waals surface area (Å²) in [7, 11) is 0. The Morgan fingerprint density at radius 3 is 0.635 bits per heavy atom. The van der Waals surface area contributed by atoms with Crippen molar-refractivity contribution in [1.29, 1.82) is 0 Å². The molecule has 74 heavy (non-hydrogen) atoms. The van der Waals surface area contributed by atoms with Crippen molar-refractivity contribution < 1.29 is 0 Å². The minimum Gasteiger partial charge on any atom is -0.291 e. The lowest BCUT2D eigenvalue weighted by Crippen LogP contribution is -2.34. The van der Waals surface area contributed by atoms with Crippen LogP contribution in [0.15, 0.2) is 84.4 Å². The van der Waals surface area contributed by atoms with Gasteiger partial charge in [-0.25, -0.2) is 0 Å². The molecular weight excluding hydrogens is 905 g/mol. The molecule has 0 radical (unpaired) electrons. The molecule has 0 aliphatic carbocycles. The molecule has 0 unspecified atom stereocenters. The van der Waals surface area contributed by atoms with Crippen LogP contribution in [0.3, 0.4) is 0 Å². The minimum absolute atomic E-state index is 0.216. The number of rotatable bonds is 16. The smallest absolute Gasteiger partial charge is 0.166 e. The van der Waals surface area contributed by atoms with Crippen LogP contribution >= 0.6 is 0 Å². The van der Waals surface area contributed by atoms with Crippen LogP contribution in [0.4, 0.5) is 45.5 Å². The molecule has 0 N–H and O–H groups in total. The molecule has 6 heterocycles. The van der Waals surface area contributed by atoms with E-state index in [1.165, 1.54) is 22.3 Å². The first-order chi connectivity index (χ1) is 34.9. The molecule has 0 spiro atoms. The lowest BCUT2D eigenvalue weighted by Gasteiger charge is -2.35. The van der Waals surface area contributed by atoms with Crippen molar-refractivity contribution in [2.75, 3.05) is 19.6 Å². The van der Waals surface area contributed by atoms with Gasteiger partial charge in [0.1, 0.15) is 0 Å². The SMILES string of the molecule is Cc1cc2c(cc1C)N(c1cc(CC(C)C)nc(C(C)C)c1)C(=C1N(c3cc(CC(C)C)nc(C(C)C)c3)c3cc(C)c(C)cc3N1c1cc(CC(C)C)nc(C(C)C)c1)N2c1cc(CC(C)C)nc(C(C)C)c1. The molecule has 2 aliphatic heterocycles. The zero-order valence-corrected chi connectivity index (χ0v) is 49.0. The minimum atomic E-state index is 0.216. The van der Waals surface area contributed by atoms with Gasteiger partial charge >= 0.3 is 0 Å². The third-order valence-electron chi connectivity index (χ3n) is 14.6. The highest BCUT2D eigenvalue weighted by molar-refractivity contribution is 6.01. The lowest BCUT2D eigenvalue weighted by molar-refractivity contribution is 0.629. The van der Waals surface area contributed by atoms with Crippen LogP contribution in [0, 0.1) is 51.4 Å². The van der Waals surface area contributed by atoms with Crippen molar-refractivity contribution in [3.8, 4) is 0 Å². The van der Waals surface area contributed by atoms with Gasteiger partial charge in [0.2, 0.25) is 0 Å². The van der Waals surface area contributed by atoms with Crippen molar-refractivity contribution in [2.24, 2.45) is 23.7 Å². The van der Waals surface area contributed by atoms with Crippen molar-refractivity contribution in [3.05, 3.63) is 152 Å². The summed E-state index contributed by atoms with van der Waals surface area (Å²) in [5.74, 6) is 4.68. The van der Waals surface area contributed by atoms with Gasteiger partial charge in [-0.05, 0) is 196 Å². The molecule has 392 valence electrons. The largest absolute Gasteiger partial charge is 0.291 e. The van der Waals surface area contributed by atoms with E-state index in [4.69, 9.17) is 19.9 Å².